The highest BCUT2D eigenvalue weighted by Gasteiger charge is 2.37. The van der Waals surface area contributed by atoms with Crippen LogP contribution in [0.2, 0.25) is 0 Å². The Morgan fingerprint density at radius 3 is 2.81 bits per heavy atom. The van der Waals surface area contributed by atoms with Crippen LogP contribution in [0.1, 0.15) is 42.7 Å². The molecule has 27 heavy (non-hydrogen) atoms. The molecule has 0 radical (unpaired) electrons. The van der Waals surface area contributed by atoms with Gasteiger partial charge in [-0.05, 0) is 32.3 Å². The third-order valence-electron chi connectivity index (χ3n) is 4.86. The highest BCUT2D eigenvalue weighted by Crippen LogP contribution is 2.33. The largest absolute Gasteiger partial charge is 0.503 e. The van der Waals surface area contributed by atoms with Crippen molar-refractivity contribution in [3.05, 3.63) is 53.9 Å². The number of rotatable bonds is 5. The molecule has 1 saturated heterocycles. The van der Waals surface area contributed by atoms with Crippen LogP contribution < -0.4 is 10.1 Å². The Morgan fingerprint density at radius 1 is 1.37 bits per heavy atom. The summed E-state index contributed by atoms with van der Waals surface area (Å²) in [7, 11) is 1.44. The van der Waals surface area contributed by atoms with Crippen LogP contribution in [0.4, 0.5) is 0 Å². The first kappa shape index (κ1) is 19.2. The predicted octanol–water partition coefficient (Wildman–Crippen LogP) is 3.09. The number of aromatic hydroxyl groups is 1. The highest BCUT2D eigenvalue weighted by molar-refractivity contribution is 5.95. The number of amides is 1. The van der Waals surface area contributed by atoms with E-state index in [2.05, 4.69) is 29.4 Å². The molecule has 6 heteroatoms. The lowest BCUT2D eigenvalue weighted by Crippen LogP contribution is -2.50. The number of aromatic nitrogens is 1. The van der Waals surface area contributed by atoms with Crippen LogP contribution in [0.3, 0.4) is 0 Å². The lowest BCUT2D eigenvalue weighted by molar-refractivity contribution is -0.118. The van der Waals surface area contributed by atoms with Gasteiger partial charge in [-0.25, -0.2) is 4.98 Å². The van der Waals surface area contributed by atoms with Gasteiger partial charge in [0.2, 0.25) is 0 Å². The summed E-state index contributed by atoms with van der Waals surface area (Å²) in [6, 6.07) is 11.6. The van der Waals surface area contributed by atoms with Gasteiger partial charge in [-0.2, -0.15) is 0 Å². The molecule has 0 spiro atoms. The van der Waals surface area contributed by atoms with Crippen LogP contribution in [0.15, 0.2) is 42.6 Å². The molecule has 1 aromatic heterocycles. The standard InChI is InChI=1S/C21H26N2O4/c1-14-11-16(13-21(2,27-14)12-15-7-5-4-6-8-15)23-20(25)18-19(24)17(26-3)9-10-22-18/h4-10,14,16,24H,11-13H2,1-3H3,(H,23,25)/t14?,16?,21-/m0/s1. The molecule has 2 heterocycles. The van der Waals surface area contributed by atoms with Gasteiger partial charge in [-0.1, -0.05) is 30.3 Å². The summed E-state index contributed by atoms with van der Waals surface area (Å²) in [6.07, 6.45) is 3.63. The third-order valence-corrected chi connectivity index (χ3v) is 4.86. The lowest BCUT2D eigenvalue weighted by atomic mass is 9.84. The summed E-state index contributed by atoms with van der Waals surface area (Å²) in [5.74, 6) is -0.429. The molecular weight excluding hydrogens is 344 g/mol. The molecule has 3 rings (SSSR count). The van der Waals surface area contributed by atoms with Gasteiger partial charge in [0.25, 0.3) is 5.91 Å². The van der Waals surface area contributed by atoms with Crippen LogP contribution in [-0.4, -0.2) is 40.9 Å². The van der Waals surface area contributed by atoms with Crippen LogP contribution >= 0.6 is 0 Å². The number of pyridine rings is 1. The molecule has 1 aliphatic heterocycles. The van der Waals surface area contributed by atoms with Gasteiger partial charge in [0.1, 0.15) is 0 Å². The molecule has 144 valence electrons. The molecule has 6 nitrogen and oxygen atoms in total. The van der Waals surface area contributed by atoms with E-state index < -0.39 is 5.91 Å². The van der Waals surface area contributed by atoms with Crippen molar-refractivity contribution >= 4 is 5.91 Å². The SMILES string of the molecule is COc1ccnc(C(=O)NC2CC(C)O[C@@](C)(Cc3ccccc3)C2)c1O. The number of hydrogen-bond donors (Lipinski definition) is 2. The fourth-order valence-electron chi connectivity index (χ4n) is 3.86. The number of carbonyl (C=O) groups excluding carboxylic acids is 1. The Labute approximate surface area is 159 Å². The van der Waals surface area contributed by atoms with Crippen molar-refractivity contribution in [2.45, 2.75) is 50.9 Å². The smallest absolute Gasteiger partial charge is 0.274 e. The van der Waals surface area contributed by atoms with Crippen molar-refractivity contribution in [2.24, 2.45) is 0 Å². The fraction of sp³-hybridized carbons (Fsp3) is 0.429. The monoisotopic (exact) mass is 370 g/mol. The number of ether oxygens (including phenoxy) is 2. The zero-order valence-corrected chi connectivity index (χ0v) is 15.9. The molecule has 2 unspecified atom stereocenters. The molecule has 1 fully saturated rings. The van der Waals surface area contributed by atoms with Gasteiger partial charge >= 0.3 is 0 Å². The second-order valence-corrected chi connectivity index (χ2v) is 7.36. The van der Waals surface area contributed by atoms with Crippen molar-refractivity contribution in [2.75, 3.05) is 7.11 Å². The van der Waals surface area contributed by atoms with Crippen molar-refractivity contribution in [1.82, 2.24) is 10.3 Å². The zero-order chi connectivity index (χ0) is 19.4. The Balaban J connectivity index is 1.72. The van der Waals surface area contributed by atoms with E-state index in [0.717, 1.165) is 6.42 Å². The lowest BCUT2D eigenvalue weighted by Gasteiger charge is -2.42. The number of methoxy groups -OCH3 is 1. The second-order valence-electron chi connectivity index (χ2n) is 7.36. The maximum atomic E-state index is 12.6. The first-order valence-corrected chi connectivity index (χ1v) is 9.15. The molecular formula is C21H26N2O4. The van der Waals surface area contributed by atoms with Crippen LogP contribution in [-0.2, 0) is 11.2 Å². The molecule has 1 amide bonds. The van der Waals surface area contributed by atoms with Gasteiger partial charge in [-0.3, -0.25) is 4.79 Å². The van der Waals surface area contributed by atoms with E-state index in [9.17, 15) is 9.90 Å². The minimum absolute atomic E-state index is 0.0182. The number of hydrogen-bond acceptors (Lipinski definition) is 5. The third kappa shape index (κ3) is 4.57. The Kier molecular flexibility index (Phi) is 5.65. The minimum Gasteiger partial charge on any atom is -0.503 e. The summed E-state index contributed by atoms with van der Waals surface area (Å²) in [6.45, 7) is 4.10. The Bertz CT molecular complexity index is 796. The molecule has 3 atom stereocenters. The van der Waals surface area contributed by atoms with E-state index in [-0.39, 0.29) is 34.9 Å². The van der Waals surface area contributed by atoms with E-state index >= 15 is 0 Å². The van der Waals surface area contributed by atoms with Crippen molar-refractivity contribution in [3.63, 3.8) is 0 Å². The van der Waals surface area contributed by atoms with Crippen LogP contribution in [0, 0.1) is 0 Å². The fourth-order valence-corrected chi connectivity index (χ4v) is 3.86. The van der Waals surface area contributed by atoms with E-state index in [1.165, 1.54) is 24.9 Å². The van der Waals surface area contributed by atoms with Gasteiger partial charge < -0.3 is 19.9 Å². The quantitative estimate of drug-likeness (QED) is 0.845. The Morgan fingerprint density at radius 2 is 2.11 bits per heavy atom. The summed E-state index contributed by atoms with van der Waals surface area (Å²) in [4.78, 5) is 16.7. The first-order chi connectivity index (χ1) is 12.9. The Hall–Kier alpha value is -2.60. The molecule has 1 aliphatic rings. The first-order valence-electron chi connectivity index (χ1n) is 9.15. The summed E-state index contributed by atoms with van der Waals surface area (Å²) in [5.41, 5.74) is 0.797. The molecule has 2 aromatic rings. The molecule has 0 saturated carbocycles. The average molecular weight is 370 g/mol. The van der Waals surface area contributed by atoms with Crippen LogP contribution in [0.25, 0.3) is 0 Å². The summed E-state index contributed by atoms with van der Waals surface area (Å²) >= 11 is 0. The predicted molar refractivity (Wildman–Crippen MR) is 102 cm³/mol. The maximum absolute atomic E-state index is 12.6. The van der Waals surface area contributed by atoms with Gasteiger partial charge in [0, 0.05) is 24.7 Å². The molecule has 0 aliphatic carbocycles. The van der Waals surface area contributed by atoms with Crippen molar-refractivity contribution < 1.29 is 19.4 Å². The van der Waals surface area contributed by atoms with Crippen molar-refractivity contribution in [3.8, 4) is 11.5 Å². The number of nitrogens with one attached hydrogen (secondary N) is 1. The molecule has 2 N–H and O–H groups in total. The second kappa shape index (κ2) is 7.96. The van der Waals surface area contributed by atoms with E-state index in [1.807, 2.05) is 25.1 Å². The minimum atomic E-state index is -0.410. The topological polar surface area (TPSA) is 80.7 Å². The average Bonchev–Trinajstić information content (AvgIpc) is 2.61. The summed E-state index contributed by atoms with van der Waals surface area (Å²) < 4.78 is 11.3. The van der Waals surface area contributed by atoms with E-state index in [1.54, 1.807) is 0 Å². The number of benzene rings is 1. The highest BCUT2D eigenvalue weighted by atomic mass is 16.5. The molecule has 0 bridgehead atoms. The van der Waals surface area contributed by atoms with Crippen molar-refractivity contribution in [1.29, 1.82) is 0 Å². The number of nitrogens with zero attached hydrogens (tertiary/aromatic N) is 1. The van der Waals surface area contributed by atoms with Crippen LogP contribution in [0.5, 0.6) is 11.5 Å². The molecule has 1 aromatic carbocycles. The van der Waals surface area contributed by atoms with Gasteiger partial charge in [-0.15, -0.1) is 0 Å². The number of carbonyl (C=O) groups is 1. The van der Waals surface area contributed by atoms with E-state index in [4.69, 9.17) is 9.47 Å². The summed E-state index contributed by atoms with van der Waals surface area (Å²) in [5, 5.41) is 13.2. The van der Waals surface area contributed by atoms with E-state index in [0.29, 0.717) is 12.8 Å². The zero-order valence-electron chi connectivity index (χ0n) is 15.9. The van der Waals surface area contributed by atoms with Gasteiger partial charge in [0.05, 0.1) is 18.8 Å². The maximum Gasteiger partial charge on any atom is 0.274 e. The van der Waals surface area contributed by atoms with Gasteiger partial charge in [0.15, 0.2) is 17.2 Å². The normalized spacial score (nSPS) is 25.0.